The Labute approximate surface area is 206 Å². The molecule has 1 aromatic carbocycles. The van der Waals surface area contributed by atoms with Crippen molar-refractivity contribution in [2.45, 2.75) is 0 Å². The molecule has 3 heterocycles. The molecule has 8 nitrogen and oxygen atoms in total. The van der Waals surface area contributed by atoms with Crippen molar-refractivity contribution < 1.29 is 14.0 Å². The number of rotatable bonds is 4. The number of oxazole rings is 1. The van der Waals surface area contributed by atoms with Crippen LogP contribution >= 0.6 is 48.0 Å². The number of hydrogen-bond acceptors (Lipinski definition) is 6. The van der Waals surface area contributed by atoms with Crippen molar-refractivity contribution >= 4 is 65.8 Å². The summed E-state index contributed by atoms with van der Waals surface area (Å²) in [5, 5.41) is 6.57. The predicted octanol–water partition coefficient (Wildman–Crippen LogP) is 4.18. The van der Waals surface area contributed by atoms with Crippen LogP contribution in [0.3, 0.4) is 0 Å². The second kappa shape index (κ2) is 11.5. The highest BCUT2D eigenvalue weighted by molar-refractivity contribution is 6.42. The Balaban J connectivity index is 0.00000181. The van der Waals surface area contributed by atoms with Gasteiger partial charge in [0.15, 0.2) is 0 Å². The van der Waals surface area contributed by atoms with Gasteiger partial charge in [-0.25, -0.2) is 4.98 Å². The molecule has 32 heavy (non-hydrogen) atoms. The quantitative estimate of drug-likeness (QED) is 0.537. The predicted molar refractivity (Wildman–Crippen MR) is 127 cm³/mol. The molecule has 12 heteroatoms. The molecule has 2 N–H and O–H groups in total. The van der Waals surface area contributed by atoms with Gasteiger partial charge >= 0.3 is 6.01 Å². The Hall–Kier alpha value is -2.36. The number of aromatic nitrogens is 2. The van der Waals surface area contributed by atoms with E-state index in [1.807, 2.05) is 0 Å². The summed E-state index contributed by atoms with van der Waals surface area (Å²) in [5.41, 5.74) is 1.63. The Morgan fingerprint density at radius 2 is 1.78 bits per heavy atom. The smallest absolute Gasteiger partial charge is 0.302 e. The fraction of sp³-hybridized carbons (Fsp3) is 0.200. The van der Waals surface area contributed by atoms with Crippen LogP contribution in [0.25, 0.3) is 11.3 Å². The van der Waals surface area contributed by atoms with Crippen LogP contribution in [-0.4, -0.2) is 52.9 Å². The summed E-state index contributed by atoms with van der Waals surface area (Å²) in [5.74, 6) is -0.615. The fourth-order valence-corrected chi connectivity index (χ4v) is 3.31. The number of benzene rings is 1. The van der Waals surface area contributed by atoms with Crippen molar-refractivity contribution in [3.63, 3.8) is 0 Å². The van der Waals surface area contributed by atoms with Crippen molar-refractivity contribution in [2.75, 3.05) is 31.5 Å². The van der Waals surface area contributed by atoms with E-state index in [0.717, 1.165) is 18.7 Å². The minimum atomic E-state index is -0.443. The van der Waals surface area contributed by atoms with E-state index >= 15 is 0 Å². The van der Waals surface area contributed by atoms with Crippen molar-refractivity contribution in [1.82, 2.24) is 20.2 Å². The number of carbonyl (C=O) groups is 2. The molecule has 2 aromatic heterocycles. The minimum absolute atomic E-state index is 0. The van der Waals surface area contributed by atoms with Gasteiger partial charge in [-0.2, -0.15) is 0 Å². The maximum atomic E-state index is 12.6. The summed E-state index contributed by atoms with van der Waals surface area (Å²) >= 11 is 12.0. The van der Waals surface area contributed by atoms with Crippen molar-refractivity contribution in [3.05, 3.63) is 64.1 Å². The average molecular weight is 519 g/mol. The zero-order valence-electron chi connectivity index (χ0n) is 16.5. The molecular weight excluding hydrogens is 500 g/mol. The third-order valence-electron chi connectivity index (χ3n) is 4.58. The fourth-order valence-electron chi connectivity index (χ4n) is 3.01. The number of carbonyl (C=O) groups excluding carboxylic acids is 2. The first kappa shape index (κ1) is 25.9. The SMILES string of the molecule is Cl.Cl.O=C(Nc1ncc(C(=O)N2CCNCC2)o1)c1ccnc(-c2ccc(Cl)c(Cl)c2)c1. The first-order chi connectivity index (χ1) is 14.5. The highest BCUT2D eigenvalue weighted by Gasteiger charge is 2.22. The number of nitrogens with one attached hydrogen (secondary N) is 2. The molecule has 170 valence electrons. The lowest BCUT2D eigenvalue weighted by molar-refractivity contribution is 0.0704. The van der Waals surface area contributed by atoms with Crippen LogP contribution in [0.2, 0.25) is 10.0 Å². The summed E-state index contributed by atoms with van der Waals surface area (Å²) < 4.78 is 5.43. The highest BCUT2D eigenvalue weighted by Crippen LogP contribution is 2.28. The van der Waals surface area contributed by atoms with Gasteiger partial charge in [0.25, 0.3) is 11.8 Å². The lowest BCUT2D eigenvalue weighted by atomic mass is 10.1. The Kier molecular flexibility index (Phi) is 9.30. The first-order valence-electron chi connectivity index (χ1n) is 9.20. The van der Waals surface area contributed by atoms with Gasteiger partial charge in [-0.1, -0.05) is 29.3 Å². The van der Waals surface area contributed by atoms with E-state index in [0.29, 0.717) is 34.4 Å². The maximum Gasteiger partial charge on any atom is 0.302 e. The number of anilines is 1. The van der Waals surface area contributed by atoms with Crippen LogP contribution in [-0.2, 0) is 0 Å². The molecule has 0 unspecified atom stereocenters. The van der Waals surface area contributed by atoms with E-state index < -0.39 is 5.91 Å². The molecule has 0 saturated carbocycles. The van der Waals surface area contributed by atoms with Gasteiger partial charge in [-0.05, 0) is 24.3 Å². The standard InChI is InChI=1S/C20H17Cl2N5O3.2ClH/c21-14-2-1-12(9-15(14)22)16-10-13(3-4-24-16)18(28)26-20-25-11-17(30-20)19(29)27-7-5-23-6-8-27;;/h1-4,9-11,23H,5-8H2,(H,25,26,28);2*1H. The van der Waals surface area contributed by atoms with Crippen LogP contribution in [0.1, 0.15) is 20.9 Å². The van der Waals surface area contributed by atoms with Gasteiger partial charge in [0, 0.05) is 43.5 Å². The number of nitrogens with zero attached hydrogens (tertiary/aromatic N) is 3. The zero-order valence-corrected chi connectivity index (χ0v) is 19.7. The highest BCUT2D eigenvalue weighted by atomic mass is 35.5. The minimum Gasteiger partial charge on any atom is -0.418 e. The van der Waals surface area contributed by atoms with Gasteiger partial charge in [-0.15, -0.1) is 24.8 Å². The summed E-state index contributed by atoms with van der Waals surface area (Å²) in [6.07, 6.45) is 2.83. The Morgan fingerprint density at radius 3 is 2.50 bits per heavy atom. The topological polar surface area (TPSA) is 100 Å². The lowest BCUT2D eigenvalue weighted by Gasteiger charge is -2.26. The molecule has 0 atom stereocenters. The van der Waals surface area contributed by atoms with Crippen LogP contribution < -0.4 is 10.6 Å². The molecule has 1 aliphatic heterocycles. The molecule has 4 rings (SSSR count). The molecule has 0 bridgehead atoms. The molecule has 1 aliphatic rings. The summed E-state index contributed by atoms with van der Waals surface area (Å²) in [4.78, 5) is 35.0. The second-order valence-electron chi connectivity index (χ2n) is 6.58. The van der Waals surface area contributed by atoms with Crippen LogP contribution in [0.5, 0.6) is 0 Å². The second-order valence-corrected chi connectivity index (χ2v) is 7.40. The van der Waals surface area contributed by atoms with Gasteiger partial charge in [-0.3, -0.25) is 19.9 Å². The molecule has 0 aliphatic carbocycles. The van der Waals surface area contributed by atoms with E-state index in [1.165, 1.54) is 12.4 Å². The summed E-state index contributed by atoms with van der Waals surface area (Å²) in [6.45, 7) is 2.64. The Bertz CT molecular complexity index is 1100. The van der Waals surface area contributed by atoms with E-state index in [9.17, 15) is 9.59 Å². The normalized spacial score (nSPS) is 13.0. The monoisotopic (exact) mass is 517 g/mol. The third kappa shape index (κ3) is 5.90. The van der Waals surface area contributed by atoms with Gasteiger partial charge < -0.3 is 14.6 Å². The molecule has 3 aromatic rings. The molecule has 1 fully saturated rings. The van der Waals surface area contributed by atoms with Crippen molar-refractivity contribution in [1.29, 1.82) is 0 Å². The maximum absolute atomic E-state index is 12.6. The van der Waals surface area contributed by atoms with Crippen molar-refractivity contribution in [3.8, 4) is 11.3 Å². The molecular formula is C20H19Cl4N5O3. The number of hydrogen-bond donors (Lipinski definition) is 2. The number of piperazine rings is 1. The molecule has 2 amide bonds. The first-order valence-corrected chi connectivity index (χ1v) is 9.95. The number of amides is 2. The van der Waals surface area contributed by atoms with E-state index in [1.54, 1.807) is 35.2 Å². The van der Waals surface area contributed by atoms with Gasteiger partial charge in [0.05, 0.1) is 21.9 Å². The largest absolute Gasteiger partial charge is 0.418 e. The molecule has 1 saturated heterocycles. The van der Waals surface area contributed by atoms with Crippen LogP contribution in [0.4, 0.5) is 6.01 Å². The van der Waals surface area contributed by atoms with Gasteiger partial charge in [0.1, 0.15) is 0 Å². The molecule has 0 radical (unpaired) electrons. The van der Waals surface area contributed by atoms with Crippen LogP contribution in [0, 0.1) is 0 Å². The zero-order chi connectivity index (χ0) is 21.1. The number of halogens is 4. The van der Waals surface area contributed by atoms with Gasteiger partial charge in [0.2, 0.25) is 5.76 Å². The molecule has 0 spiro atoms. The number of pyridine rings is 1. The van der Waals surface area contributed by atoms with E-state index in [-0.39, 0.29) is 42.5 Å². The van der Waals surface area contributed by atoms with E-state index in [2.05, 4.69) is 20.6 Å². The van der Waals surface area contributed by atoms with E-state index in [4.69, 9.17) is 27.6 Å². The average Bonchev–Trinajstić information content (AvgIpc) is 3.24. The Morgan fingerprint density at radius 1 is 1.03 bits per heavy atom. The van der Waals surface area contributed by atoms with Crippen LogP contribution in [0.15, 0.2) is 47.1 Å². The van der Waals surface area contributed by atoms with Crippen molar-refractivity contribution in [2.24, 2.45) is 0 Å². The lowest BCUT2D eigenvalue weighted by Crippen LogP contribution is -2.46. The summed E-state index contributed by atoms with van der Waals surface area (Å²) in [6, 6.07) is 8.23. The summed E-state index contributed by atoms with van der Waals surface area (Å²) in [7, 11) is 0. The third-order valence-corrected chi connectivity index (χ3v) is 5.32.